The second kappa shape index (κ2) is 2.88. The van der Waals surface area contributed by atoms with Gasteiger partial charge in [-0.15, -0.1) is 0 Å². The number of hydrogen-bond acceptors (Lipinski definition) is 0. The van der Waals surface area contributed by atoms with E-state index >= 15 is 0 Å². The van der Waals surface area contributed by atoms with Crippen LogP contribution in [0.3, 0.4) is 0 Å². The van der Waals surface area contributed by atoms with Crippen LogP contribution in [-0.2, 0) is 0 Å². The van der Waals surface area contributed by atoms with Crippen LogP contribution in [0.1, 0.15) is 25.3 Å². The zero-order valence-corrected chi connectivity index (χ0v) is 8.17. The van der Waals surface area contributed by atoms with Gasteiger partial charge in [-0.25, -0.2) is 0 Å². The summed E-state index contributed by atoms with van der Waals surface area (Å²) in [5.41, 5.74) is 5.53. The Hall–Kier alpha value is -1.30. The van der Waals surface area contributed by atoms with E-state index in [0.717, 1.165) is 0 Å². The summed E-state index contributed by atoms with van der Waals surface area (Å²) in [6.45, 7) is 8.38. The van der Waals surface area contributed by atoms with Crippen molar-refractivity contribution in [3.8, 4) is 0 Å². The Morgan fingerprint density at radius 3 is 2.23 bits per heavy atom. The summed E-state index contributed by atoms with van der Waals surface area (Å²) in [5.74, 6) is 0.520. The summed E-state index contributed by atoms with van der Waals surface area (Å²) >= 11 is 0. The molecule has 13 heavy (non-hydrogen) atoms. The molecule has 0 saturated heterocycles. The molecule has 1 aliphatic rings. The third kappa shape index (κ3) is 1.33. The third-order valence-electron chi connectivity index (χ3n) is 2.57. The maximum atomic E-state index is 4.07. The number of benzene rings is 1. The Bertz CT molecular complexity index is 364. The Morgan fingerprint density at radius 2 is 1.77 bits per heavy atom. The topological polar surface area (TPSA) is 0 Å². The Labute approximate surface area is 79.6 Å². The van der Waals surface area contributed by atoms with Gasteiger partial charge in [-0.1, -0.05) is 42.5 Å². The fourth-order valence-electron chi connectivity index (χ4n) is 1.89. The number of hydrogen-bond donors (Lipinski definition) is 0. The predicted molar refractivity (Wildman–Crippen MR) is 56.7 cm³/mol. The summed E-state index contributed by atoms with van der Waals surface area (Å²) in [6, 6.07) is 10.6. The largest absolute Gasteiger partial charge is 0.0946 e. The summed E-state index contributed by atoms with van der Waals surface area (Å²) in [4.78, 5) is 0. The lowest BCUT2D eigenvalue weighted by Crippen LogP contribution is -1.76. The van der Waals surface area contributed by atoms with Crippen molar-refractivity contribution in [1.29, 1.82) is 0 Å². The molecule has 1 aliphatic carbocycles. The first-order valence-electron chi connectivity index (χ1n) is 4.63. The molecule has 0 aromatic heterocycles. The Kier molecular flexibility index (Phi) is 1.84. The summed E-state index contributed by atoms with van der Waals surface area (Å²) in [7, 11) is 0. The van der Waals surface area contributed by atoms with Crippen LogP contribution >= 0.6 is 0 Å². The lowest BCUT2D eigenvalue weighted by molar-refractivity contribution is 1.21. The molecule has 2 rings (SSSR count). The van der Waals surface area contributed by atoms with Gasteiger partial charge >= 0.3 is 0 Å². The van der Waals surface area contributed by atoms with E-state index in [2.05, 4.69) is 50.8 Å². The van der Waals surface area contributed by atoms with Crippen LogP contribution < -0.4 is 0 Å². The van der Waals surface area contributed by atoms with Gasteiger partial charge in [0, 0.05) is 5.92 Å². The van der Waals surface area contributed by atoms with Crippen LogP contribution in [-0.4, -0.2) is 0 Å². The van der Waals surface area contributed by atoms with E-state index in [1.165, 1.54) is 22.3 Å². The molecule has 1 fully saturated rings. The van der Waals surface area contributed by atoms with Crippen molar-refractivity contribution in [3.63, 3.8) is 0 Å². The van der Waals surface area contributed by atoms with Gasteiger partial charge in [0.05, 0.1) is 0 Å². The van der Waals surface area contributed by atoms with Gasteiger partial charge in [0.2, 0.25) is 0 Å². The molecule has 0 heterocycles. The molecule has 1 aromatic carbocycles. The van der Waals surface area contributed by atoms with Crippen LogP contribution in [0.4, 0.5) is 0 Å². The average molecular weight is 170 g/mol. The van der Waals surface area contributed by atoms with Gasteiger partial charge in [0.25, 0.3) is 0 Å². The molecule has 0 spiro atoms. The maximum absolute atomic E-state index is 4.07. The SMILES string of the molecule is C=C1C(=C(C)C)C1c1ccccc1. The standard InChI is InChI=1S/C13H14/c1-9(2)12-10(3)13(12)11-7-5-4-6-8-11/h4-8,13H,3H2,1-2H3. The molecule has 1 unspecified atom stereocenters. The minimum absolute atomic E-state index is 0.520. The van der Waals surface area contributed by atoms with Crippen LogP contribution in [0, 0.1) is 0 Å². The zero-order valence-electron chi connectivity index (χ0n) is 8.17. The first kappa shape index (κ1) is 8.31. The van der Waals surface area contributed by atoms with E-state index in [4.69, 9.17) is 0 Å². The molecular formula is C13H14. The van der Waals surface area contributed by atoms with E-state index in [0.29, 0.717) is 5.92 Å². The minimum atomic E-state index is 0.520. The second-order valence-electron chi connectivity index (χ2n) is 3.78. The van der Waals surface area contributed by atoms with E-state index in [-0.39, 0.29) is 0 Å². The minimum Gasteiger partial charge on any atom is -0.0946 e. The van der Waals surface area contributed by atoms with E-state index in [9.17, 15) is 0 Å². The first-order valence-corrected chi connectivity index (χ1v) is 4.63. The van der Waals surface area contributed by atoms with Crippen molar-refractivity contribution in [3.05, 3.63) is 59.2 Å². The molecule has 66 valence electrons. The van der Waals surface area contributed by atoms with Gasteiger partial charge in [-0.3, -0.25) is 0 Å². The summed E-state index contributed by atoms with van der Waals surface area (Å²) < 4.78 is 0. The van der Waals surface area contributed by atoms with Gasteiger partial charge in [0.1, 0.15) is 0 Å². The average Bonchev–Trinajstić information content (AvgIpc) is 2.79. The van der Waals surface area contributed by atoms with Gasteiger partial charge in [-0.05, 0) is 30.6 Å². The molecule has 0 bridgehead atoms. The molecular weight excluding hydrogens is 156 g/mol. The van der Waals surface area contributed by atoms with Crippen molar-refractivity contribution in [2.24, 2.45) is 0 Å². The smallest absolute Gasteiger partial charge is 0.0339 e. The Balaban J connectivity index is 2.34. The molecule has 1 saturated carbocycles. The summed E-state index contributed by atoms with van der Waals surface area (Å²) in [6.07, 6.45) is 0. The number of rotatable bonds is 1. The van der Waals surface area contributed by atoms with E-state index < -0.39 is 0 Å². The molecule has 0 nitrogen and oxygen atoms in total. The molecule has 0 heteroatoms. The summed E-state index contributed by atoms with van der Waals surface area (Å²) in [5, 5.41) is 0. The van der Waals surface area contributed by atoms with Crippen molar-refractivity contribution in [2.45, 2.75) is 19.8 Å². The fourth-order valence-corrected chi connectivity index (χ4v) is 1.89. The molecule has 0 radical (unpaired) electrons. The Morgan fingerprint density at radius 1 is 1.15 bits per heavy atom. The highest BCUT2D eigenvalue weighted by Gasteiger charge is 2.37. The molecule has 0 aliphatic heterocycles. The molecule has 0 amide bonds. The normalized spacial score (nSPS) is 20.3. The van der Waals surface area contributed by atoms with E-state index in [1.54, 1.807) is 0 Å². The van der Waals surface area contributed by atoms with Crippen LogP contribution in [0.15, 0.2) is 53.6 Å². The van der Waals surface area contributed by atoms with Crippen molar-refractivity contribution >= 4 is 0 Å². The van der Waals surface area contributed by atoms with Crippen LogP contribution in [0.2, 0.25) is 0 Å². The molecule has 1 aromatic rings. The van der Waals surface area contributed by atoms with Crippen molar-refractivity contribution in [1.82, 2.24) is 0 Å². The monoisotopic (exact) mass is 170 g/mol. The van der Waals surface area contributed by atoms with Crippen LogP contribution in [0.5, 0.6) is 0 Å². The maximum Gasteiger partial charge on any atom is 0.0339 e. The highest BCUT2D eigenvalue weighted by molar-refractivity contribution is 5.65. The highest BCUT2D eigenvalue weighted by Crippen LogP contribution is 2.53. The first-order chi connectivity index (χ1) is 6.22. The highest BCUT2D eigenvalue weighted by atomic mass is 14.4. The lowest BCUT2D eigenvalue weighted by Gasteiger charge is -1.94. The van der Waals surface area contributed by atoms with Gasteiger partial charge < -0.3 is 0 Å². The van der Waals surface area contributed by atoms with Crippen LogP contribution in [0.25, 0.3) is 0 Å². The molecule has 0 N–H and O–H groups in total. The quantitative estimate of drug-likeness (QED) is 0.603. The third-order valence-corrected chi connectivity index (χ3v) is 2.57. The molecule has 1 atom stereocenters. The fraction of sp³-hybridized carbons (Fsp3) is 0.231. The van der Waals surface area contributed by atoms with E-state index in [1.807, 2.05) is 0 Å². The number of allylic oxidation sites excluding steroid dienone is 3. The van der Waals surface area contributed by atoms with Gasteiger partial charge in [-0.2, -0.15) is 0 Å². The van der Waals surface area contributed by atoms with Crippen molar-refractivity contribution in [2.75, 3.05) is 0 Å². The lowest BCUT2D eigenvalue weighted by atomic mass is 10.1. The second-order valence-corrected chi connectivity index (χ2v) is 3.78. The zero-order chi connectivity index (χ0) is 9.42. The predicted octanol–water partition coefficient (Wildman–Crippen LogP) is 3.68. The van der Waals surface area contributed by atoms with Crippen molar-refractivity contribution < 1.29 is 0 Å². The van der Waals surface area contributed by atoms with Gasteiger partial charge in [0.15, 0.2) is 0 Å².